The number of carbonyl (C=O) groups is 1. The van der Waals surface area contributed by atoms with E-state index in [-0.39, 0.29) is 17.6 Å². The summed E-state index contributed by atoms with van der Waals surface area (Å²) in [5.41, 5.74) is 10.3. The maximum Gasteiger partial charge on any atom is 0.271 e. The molecule has 3 saturated heterocycles. The Balaban J connectivity index is 1.11. The van der Waals surface area contributed by atoms with Gasteiger partial charge in [0.05, 0.1) is 42.9 Å². The van der Waals surface area contributed by atoms with Gasteiger partial charge in [0.2, 0.25) is 0 Å². The van der Waals surface area contributed by atoms with Crippen molar-refractivity contribution >= 4 is 40.0 Å². The molecule has 224 valence electrons. The number of amides is 1. The van der Waals surface area contributed by atoms with E-state index in [1.54, 1.807) is 18.7 Å². The Morgan fingerprint density at radius 1 is 1.00 bits per heavy atom. The minimum Gasteiger partial charge on any atom is -0.377 e. The van der Waals surface area contributed by atoms with Crippen LogP contribution in [0.25, 0.3) is 22.3 Å². The molecule has 1 amide bonds. The van der Waals surface area contributed by atoms with Crippen LogP contribution in [-0.2, 0) is 4.74 Å². The fourth-order valence-corrected chi connectivity index (χ4v) is 6.10. The van der Waals surface area contributed by atoms with E-state index in [0.29, 0.717) is 41.8 Å². The van der Waals surface area contributed by atoms with Crippen LogP contribution in [0.5, 0.6) is 0 Å². The highest BCUT2D eigenvalue weighted by molar-refractivity contribution is 5.99. The van der Waals surface area contributed by atoms with E-state index in [2.05, 4.69) is 59.5 Å². The number of piperazine rings is 1. The molecule has 3 aromatic heterocycles. The topological polar surface area (TPSA) is 153 Å². The number of pyridine rings is 1. The Hall–Kier alpha value is -4.33. The van der Waals surface area contributed by atoms with Gasteiger partial charge >= 0.3 is 0 Å². The number of imidazole rings is 1. The quantitative estimate of drug-likeness (QED) is 0.242. The van der Waals surface area contributed by atoms with Crippen molar-refractivity contribution in [2.75, 3.05) is 75.1 Å². The summed E-state index contributed by atoms with van der Waals surface area (Å²) in [6.45, 7) is 7.84. The molecule has 7 rings (SSSR count). The third-order valence-corrected chi connectivity index (χ3v) is 8.71. The van der Waals surface area contributed by atoms with Gasteiger partial charge in [-0.05, 0) is 44.2 Å². The van der Waals surface area contributed by atoms with Crippen LogP contribution in [0.4, 0.5) is 23.0 Å². The summed E-state index contributed by atoms with van der Waals surface area (Å²) in [5, 5.41) is 6.69. The van der Waals surface area contributed by atoms with Crippen molar-refractivity contribution in [3.05, 3.63) is 48.7 Å². The molecule has 0 aliphatic carbocycles. The van der Waals surface area contributed by atoms with Gasteiger partial charge in [-0.3, -0.25) is 14.7 Å². The van der Waals surface area contributed by atoms with Crippen LogP contribution in [-0.4, -0.2) is 112 Å². The molecule has 13 nitrogen and oxygen atoms in total. The van der Waals surface area contributed by atoms with Gasteiger partial charge in [0.1, 0.15) is 11.2 Å². The largest absolute Gasteiger partial charge is 0.377 e. The van der Waals surface area contributed by atoms with Crippen LogP contribution in [0.3, 0.4) is 0 Å². The smallest absolute Gasteiger partial charge is 0.271 e. The van der Waals surface area contributed by atoms with Crippen LogP contribution in [0.1, 0.15) is 23.3 Å². The van der Waals surface area contributed by atoms with Crippen LogP contribution in [0.2, 0.25) is 0 Å². The first-order valence-corrected chi connectivity index (χ1v) is 14.9. The van der Waals surface area contributed by atoms with Crippen molar-refractivity contribution in [2.24, 2.45) is 5.73 Å². The van der Waals surface area contributed by atoms with Gasteiger partial charge in [-0.1, -0.05) is 0 Å². The summed E-state index contributed by atoms with van der Waals surface area (Å²) in [6.07, 6.45) is 7.31. The predicted molar refractivity (Wildman–Crippen MR) is 166 cm³/mol. The third kappa shape index (κ3) is 5.70. The van der Waals surface area contributed by atoms with Crippen molar-refractivity contribution in [1.82, 2.24) is 34.7 Å². The van der Waals surface area contributed by atoms with E-state index in [1.165, 1.54) is 31.6 Å². The number of benzene rings is 1. The molecule has 1 aromatic carbocycles. The van der Waals surface area contributed by atoms with E-state index >= 15 is 0 Å². The summed E-state index contributed by atoms with van der Waals surface area (Å²) in [7, 11) is 2.20. The molecule has 4 aromatic rings. The van der Waals surface area contributed by atoms with Gasteiger partial charge in [0, 0.05) is 62.9 Å². The number of fused-ring (bicyclic) bond motifs is 1. The van der Waals surface area contributed by atoms with Crippen LogP contribution >= 0.6 is 0 Å². The Morgan fingerprint density at radius 2 is 1.77 bits per heavy atom. The molecule has 3 aliphatic heterocycles. The van der Waals surface area contributed by atoms with E-state index in [9.17, 15) is 4.79 Å². The number of aromatic nitrogens is 5. The highest BCUT2D eigenvalue weighted by atomic mass is 16.5. The average molecular weight is 584 g/mol. The molecule has 0 spiro atoms. The summed E-state index contributed by atoms with van der Waals surface area (Å²) in [5.74, 6) is 0.0941. The number of nitrogens with zero attached hydrogens (tertiary/aromatic N) is 7. The van der Waals surface area contributed by atoms with Gasteiger partial charge in [-0.15, -0.1) is 0 Å². The first-order chi connectivity index (χ1) is 21.0. The summed E-state index contributed by atoms with van der Waals surface area (Å²) in [6, 6.07) is 8.97. The van der Waals surface area contributed by atoms with Gasteiger partial charge in [-0.2, -0.15) is 0 Å². The van der Waals surface area contributed by atoms with Crippen molar-refractivity contribution in [3.63, 3.8) is 0 Å². The monoisotopic (exact) mass is 583 g/mol. The van der Waals surface area contributed by atoms with Crippen molar-refractivity contribution in [3.8, 4) is 11.3 Å². The number of anilines is 4. The van der Waals surface area contributed by atoms with E-state index in [1.807, 2.05) is 12.1 Å². The third-order valence-electron chi connectivity index (χ3n) is 8.71. The Kier molecular flexibility index (Phi) is 7.51. The number of aromatic amines is 1. The number of ether oxygens (including phenoxy) is 1. The lowest BCUT2D eigenvalue weighted by atomic mass is 10.0. The number of nitrogens with two attached hydrogens (primary N) is 1. The maximum absolute atomic E-state index is 12.6. The van der Waals surface area contributed by atoms with Crippen molar-refractivity contribution in [1.29, 1.82) is 0 Å². The molecule has 3 aliphatic rings. The number of hydrogen-bond acceptors (Lipinski definition) is 11. The minimum absolute atomic E-state index is 0.0352. The van der Waals surface area contributed by atoms with Gasteiger partial charge in [0.25, 0.3) is 5.91 Å². The molecular formula is C30H37N11O2. The Bertz CT molecular complexity index is 1590. The molecule has 43 heavy (non-hydrogen) atoms. The molecule has 0 unspecified atom stereocenters. The Morgan fingerprint density at radius 3 is 2.47 bits per heavy atom. The number of nitrogens with one attached hydrogen (secondary N) is 3. The summed E-state index contributed by atoms with van der Waals surface area (Å²) < 4.78 is 5.36. The second-order valence-electron chi connectivity index (χ2n) is 11.6. The second kappa shape index (κ2) is 11.7. The minimum atomic E-state index is -0.684. The normalized spacial score (nSPS) is 19.0. The number of carbonyl (C=O) groups excluding carboxylic acids is 1. The lowest BCUT2D eigenvalue weighted by Crippen LogP contribution is -2.52. The summed E-state index contributed by atoms with van der Waals surface area (Å²) >= 11 is 0. The molecule has 0 radical (unpaired) electrons. The lowest BCUT2D eigenvalue weighted by Gasteiger charge is -2.42. The molecule has 13 heteroatoms. The molecule has 3 fully saturated rings. The SMILES string of the molecule is CN1CCN(C2CCN(c3ccc(Nc4nc(NC5COC5)c(-c5cncc6[nH]cnc56)nc4C(N)=O)cc3)CC2)CC1. The first-order valence-electron chi connectivity index (χ1n) is 14.9. The number of hydrogen-bond donors (Lipinski definition) is 4. The second-order valence-corrected chi connectivity index (χ2v) is 11.6. The Labute approximate surface area is 249 Å². The van der Waals surface area contributed by atoms with E-state index in [0.717, 1.165) is 37.4 Å². The average Bonchev–Trinajstić information content (AvgIpc) is 3.49. The molecular weight excluding hydrogens is 546 g/mol. The number of likely N-dealkylation sites (N-methyl/N-ethyl adjacent to an activating group) is 1. The number of rotatable bonds is 8. The molecule has 6 heterocycles. The molecule has 0 saturated carbocycles. The van der Waals surface area contributed by atoms with Crippen molar-refractivity contribution in [2.45, 2.75) is 24.9 Å². The molecule has 0 bridgehead atoms. The van der Waals surface area contributed by atoms with Crippen LogP contribution < -0.4 is 21.3 Å². The number of piperidine rings is 1. The summed E-state index contributed by atoms with van der Waals surface area (Å²) in [4.78, 5) is 41.5. The van der Waals surface area contributed by atoms with Gasteiger partial charge in [0.15, 0.2) is 17.3 Å². The number of H-pyrrole nitrogens is 1. The van der Waals surface area contributed by atoms with E-state index in [4.69, 9.17) is 20.4 Å². The van der Waals surface area contributed by atoms with Gasteiger partial charge < -0.3 is 35.9 Å². The zero-order valence-electron chi connectivity index (χ0n) is 24.3. The van der Waals surface area contributed by atoms with E-state index < -0.39 is 5.91 Å². The van der Waals surface area contributed by atoms with Crippen molar-refractivity contribution < 1.29 is 9.53 Å². The van der Waals surface area contributed by atoms with Crippen LogP contribution in [0, 0.1) is 0 Å². The maximum atomic E-state index is 12.6. The fourth-order valence-electron chi connectivity index (χ4n) is 6.10. The molecule has 5 N–H and O–H groups in total. The zero-order chi connectivity index (χ0) is 29.3. The lowest BCUT2D eigenvalue weighted by molar-refractivity contribution is 0.0209. The first kappa shape index (κ1) is 27.5. The standard InChI is InChI=1S/C30H37N11O2/c1-39-10-12-41(13-11-39)22-6-8-40(9-7-22)21-4-2-19(3-5-21)35-30-27(28(31)42)37-26(29(38-30)36-20-16-43-17-20)23-14-32-15-24-25(23)34-18-33-24/h2-5,14-15,18,20,22H,6-13,16-17H2,1H3,(H2,31,42)(H,33,34)(H2,35,36,38). The number of primary amides is 1. The molecule has 0 atom stereocenters. The highest BCUT2D eigenvalue weighted by Gasteiger charge is 2.28. The van der Waals surface area contributed by atoms with Crippen LogP contribution in [0.15, 0.2) is 43.0 Å². The fraction of sp³-hybridized carbons (Fsp3) is 0.433. The predicted octanol–water partition coefficient (Wildman–Crippen LogP) is 2.28. The highest BCUT2D eigenvalue weighted by Crippen LogP contribution is 2.33. The van der Waals surface area contributed by atoms with Gasteiger partial charge in [-0.25, -0.2) is 15.0 Å². The zero-order valence-corrected chi connectivity index (χ0v) is 24.3.